The van der Waals surface area contributed by atoms with Crippen LogP contribution in [0.3, 0.4) is 0 Å². The zero-order valence-electron chi connectivity index (χ0n) is 14.0. The van der Waals surface area contributed by atoms with Gasteiger partial charge < -0.3 is 20.5 Å². The number of nitrogens with two attached hydrogens (primary N) is 1. The Kier molecular flexibility index (Phi) is 6.26. The lowest BCUT2D eigenvalue weighted by molar-refractivity contribution is -0.145. The summed E-state index contributed by atoms with van der Waals surface area (Å²) in [7, 11) is 0. The Balaban J connectivity index is 1.76. The molecule has 3 amide bonds. The molecule has 1 aromatic rings. The number of hydrazine groups is 1. The van der Waals surface area contributed by atoms with Crippen molar-refractivity contribution in [2.75, 3.05) is 6.54 Å². The third-order valence-corrected chi connectivity index (χ3v) is 3.64. The summed E-state index contributed by atoms with van der Waals surface area (Å²) >= 11 is 0. The topological polar surface area (TPSA) is 154 Å². The van der Waals surface area contributed by atoms with Gasteiger partial charge in [0.15, 0.2) is 12.2 Å². The van der Waals surface area contributed by atoms with Crippen LogP contribution in [0.2, 0.25) is 0 Å². The number of epoxide rings is 1. The van der Waals surface area contributed by atoms with Gasteiger partial charge >= 0.3 is 5.97 Å². The van der Waals surface area contributed by atoms with Gasteiger partial charge in [-0.15, -0.1) is 0 Å². The third-order valence-electron chi connectivity index (χ3n) is 3.64. The van der Waals surface area contributed by atoms with E-state index < -0.39 is 48.5 Å². The third kappa shape index (κ3) is 5.26. The van der Waals surface area contributed by atoms with Gasteiger partial charge in [0.05, 0.1) is 0 Å². The highest BCUT2D eigenvalue weighted by Crippen LogP contribution is 2.23. The number of aliphatic carboxylic acids is 1. The number of carbonyl (C=O) groups is 4. The first kappa shape index (κ1) is 19.3. The minimum absolute atomic E-state index is 0.318. The fraction of sp³-hybridized carbons (Fsp3) is 0.375. The van der Waals surface area contributed by atoms with Crippen molar-refractivity contribution in [3.05, 3.63) is 35.9 Å². The molecule has 1 aliphatic rings. The molecule has 3 atom stereocenters. The molecule has 0 aliphatic carbocycles. The van der Waals surface area contributed by atoms with Crippen LogP contribution >= 0.6 is 0 Å². The number of nitrogens with one attached hydrogen (secondary N) is 2. The monoisotopic (exact) mass is 364 g/mol. The molecule has 26 heavy (non-hydrogen) atoms. The van der Waals surface area contributed by atoms with Gasteiger partial charge in [-0.1, -0.05) is 30.3 Å². The highest BCUT2D eigenvalue weighted by Gasteiger charge is 2.52. The van der Waals surface area contributed by atoms with E-state index in [-0.39, 0.29) is 0 Å². The maximum absolute atomic E-state index is 12.0. The van der Waals surface area contributed by atoms with Crippen LogP contribution in [0.1, 0.15) is 12.5 Å². The fourth-order valence-electron chi connectivity index (χ4n) is 2.19. The SMILES string of the molecule is CC(NC(=O)C1OC1C(=O)N(N)CC(=O)O)C(=O)NCc1ccccc1. The van der Waals surface area contributed by atoms with Crippen molar-refractivity contribution in [1.29, 1.82) is 0 Å². The Bertz CT molecular complexity index is 695. The molecule has 2 rings (SSSR count). The predicted octanol–water partition coefficient (Wildman–Crippen LogP) is -1.64. The minimum Gasteiger partial charge on any atom is -0.480 e. The summed E-state index contributed by atoms with van der Waals surface area (Å²) in [4.78, 5) is 46.3. The Labute approximate surface area is 149 Å². The molecule has 1 saturated heterocycles. The van der Waals surface area contributed by atoms with E-state index in [4.69, 9.17) is 15.7 Å². The highest BCUT2D eigenvalue weighted by atomic mass is 16.6. The van der Waals surface area contributed by atoms with Gasteiger partial charge in [-0.25, -0.2) is 5.84 Å². The van der Waals surface area contributed by atoms with Gasteiger partial charge in [0.25, 0.3) is 11.8 Å². The van der Waals surface area contributed by atoms with Crippen molar-refractivity contribution < 1.29 is 29.0 Å². The molecule has 10 nitrogen and oxygen atoms in total. The van der Waals surface area contributed by atoms with Crippen molar-refractivity contribution in [2.24, 2.45) is 5.84 Å². The summed E-state index contributed by atoms with van der Waals surface area (Å²) < 4.78 is 4.95. The fourth-order valence-corrected chi connectivity index (χ4v) is 2.19. The summed E-state index contributed by atoms with van der Waals surface area (Å²) in [6.45, 7) is 1.11. The lowest BCUT2D eigenvalue weighted by atomic mass is 10.2. The number of carboxylic acid groups (broad SMARTS) is 1. The highest BCUT2D eigenvalue weighted by molar-refractivity contribution is 5.97. The maximum Gasteiger partial charge on any atom is 0.324 e. The van der Waals surface area contributed by atoms with Crippen LogP contribution in [-0.4, -0.2) is 58.6 Å². The molecule has 1 heterocycles. The molecule has 10 heteroatoms. The van der Waals surface area contributed by atoms with Crippen molar-refractivity contribution in [1.82, 2.24) is 15.6 Å². The van der Waals surface area contributed by atoms with Gasteiger partial charge in [-0.3, -0.25) is 24.2 Å². The van der Waals surface area contributed by atoms with Crippen molar-refractivity contribution >= 4 is 23.7 Å². The Morgan fingerprint density at radius 1 is 1.23 bits per heavy atom. The molecule has 140 valence electrons. The number of carboxylic acids is 1. The summed E-state index contributed by atoms with van der Waals surface area (Å²) in [5.41, 5.74) is 0.914. The number of ether oxygens (including phenoxy) is 1. The number of carbonyl (C=O) groups excluding carboxylic acids is 3. The maximum atomic E-state index is 12.0. The lowest BCUT2D eigenvalue weighted by Gasteiger charge is -2.14. The average molecular weight is 364 g/mol. The van der Waals surface area contributed by atoms with Gasteiger partial charge in [-0.05, 0) is 12.5 Å². The van der Waals surface area contributed by atoms with Crippen molar-refractivity contribution in [2.45, 2.75) is 31.7 Å². The van der Waals surface area contributed by atoms with E-state index in [2.05, 4.69) is 10.6 Å². The zero-order chi connectivity index (χ0) is 19.3. The molecular weight excluding hydrogens is 344 g/mol. The molecule has 1 aliphatic heterocycles. The van der Waals surface area contributed by atoms with Gasteiger partial charge in [0.1, 0.15) is 12.6 Å². The van der Waals surface area contributed by atoms with Crippen LogP contribution in [0, 0.1) is 0 Å². The van der Waals surface area contributed by atoms with Crippen molar-refractivity contribution in [3.63, 3.8) is 0 Å². The first-order valence-corrected chi connectivity index (χ1v) is 7.85. The second-order valence-electron chi connectivity index (χ2n) is 5.77. The summed E-state index contributed by atoms with van der Waals surface area (Å²) in [6, 6.07) is 8.43. The van der Waals surface area contributed by atoms with Crippen molar-refractivity contribution in [3.8, 4) is 0 Å². The Hall–Kier alpha value is -2.98. The average Bonchev–Trinajstić information content (AvgIpc) is 3.40. The molecule has 1 aromatic carbocycles. The number of hydrogen-bond donors (Lipinski definition) is 4. The number of nitrogens with zero attached hydrogens (tertiary/aromatic N) is 1. The van der Waals surface area contributed by atoms with E-state index in [1.807, 2.05) is 30.3 Å². The van der Waals surface area contributed by atoms with Crippen LogP contribution in [0.4, 0.5) is 0 Å². The van der Waals surface area contributed by atoms with Crippen LogP contribution in [0.5, 0.6) is 0 Å². The molecule has 0 aromatic heterocycles. The molecular formula is C16H20N4O6. The molecule has 5 N–H and O–H groups in total. The number of rotatable bonds is 8. The molecule has 0 saturated carbocycles. The summed E-state index contributed by atoms with van der Waals surface area (Å²) in [5.74, 6) is 2.16. The van der Waals surface area contributed by atoms with Crippen LogP contribution in [0.15, 0.2) is 30.3 Å². The van der Waals surface area contributed by atoms with E-state index in [1.165, 1.54) is 6.92 Å². The molecule has 3 unspecified atom stereocenters. The predicted molar refractivity (Wildman–Crippen MR) is 88.1 cm³/mol. The second-order valence-corrected chi connectivity index (χ2v) is 5.77. The zero-order valence-corrected chi connectivity index (χ0v) is 14.0. The second kappa shape index (κ2) is 8.41. The van der Waals surface area contributed by atoms with E-state index >= 15 is 0 Å². The van der Waals surface area contributed by atoms with E-state index in [9.17, 15) is 19.2 Å². The number of amides is 3. The molecule has 0 spiro atoms. The van der Waals surface area contributed by atoms with Gasteiger partial charge in [0.2, 0.25) is 5.91 Å². The summed E-state index contributed by atoms with van der Waals surface area (Å²) in [5, 5.41) is 14.2. The summed E-state index contributed by atoms with van der Waals surface area (Å²) in [6.07, 6.45) is -2.23. The van der Waals surface area contributed by atoms with E-state index in [0.717, 1.165) is 5.56 Å². The van der Waals surface area contributed by atoms with Gasteiger partial charge in [-0.2, -0.15) is 0 Å². The minimum atomic E-state index is -1.29. The normalized spacial score (nSPS) is 19.2. The number of hydrogen-bond acceptors (Lipinski definition) is 6. The molecule has 1 fully saturated rings. The largest absolute Gasteiger partial charge is 0.480 e. The standard InChI is InChI=1S/C16H20N4O6/c1-9(14(23)18-7-10-5-3-2-4-6-10)19-15(24)12-13(26-12)16(25)20(17)8-11(21)22/h2-6,9,12-13H,7-8,17H2,1H3,(H,18,23)(H,19,24)(H,21,22). The molecule has 0 radical (unpaired) electrons. The first-order chi connectivity index (χ1) is 12.3. The first-order valence-electron chi connectivity index (χ1n) is 7.85. The van der Waals surface area contributed by atoms with Crippen LogP contribution < -0.4 is 16.5 Å². The Morgan fingerprint density at radius 3 is 2.50 bits per heavy atom. The van der Waals surface area contributed by atoms with Crippen LogP contribution in [0.25, 0.3) is 0 Å². The molecule has 0 bridgehead atoms. The van der Waals surface area contributed by atoms with E-state index in [0.29, 0.717) is 11.6 Å². The van der Waals surface area contributed by atoms with Crippen LogP contribution in [-0.2, 0) is 30.5 Å². The quantitative estimate of drug-likeness (QED) is 0.187. The Morgan fingerprint density at radius 2 is 1.88 bits per heavy atom. The lowest BCUT2D eigenvalue weighted by Crippen LogP contribution is -2.48. The van der Waals surface area contributed by atoms with Gasteiger partial charge in [0, 0.05) is 6.54 Å². The smallest absolute Gasteiger partial charge is 0.324 e. The van der Waals surface area contributed by atoms with E-state index in [1.54, 1.807) is 0 Å². The number of benzene rings is 1.